The topological polar surface area (TPSA) is 97.2 Å². The van der Waals surface area contributed by atoms with Crippen LogP contribution < -0.4 is 5.32 Å². The molecular formula is C18H17Cl2N5O3S. The van der Waals surface area contributed by atoms with Gasteiger partial charge in [-0.15, -0.1) is 5.10 Å². The van der Waals surface area contributed by atoms with E-state index < -0.39 is 15.9 Å². The van der Waals surface area contributed by atoms with Crippen molar-refractivity contribution in [1.29, 1.82) is 0 Å². The van der Waals surface area contributed by atoms with Gasteiger partial charge in [0, 0.05) is 14.1 Å². The first kappa shape index (κ1) is 21.3. The number of anilines is 1. The molecule has 1 amide bonds. The Morgan fingerprint density at radius 1 is 1.14 bits per heavy atom. The van der Waals surface area contributed by atoms with E-state index in [-0.39, 0.29) is 26.5 Å². The number of halogens is 2. The van der Waals surface area contributed by atoms with Gasteiger partial charge in [0.05, 0.1) is 22.2 Å². The molecule has 0 saturated carbocycles. The minimum Gasteiger partial charge on any atom is -0.289 e. The molecule has 2 aromatic carbocycles. The number of aromatic nitrogens is 3. The van der Waals surface area contributed by atoms with Gasteiger partial charge in [-0.1, -0.05) is 53.5 Å². The van der Waals surface area contributed by atoms with Gasteiger partial charge in [0.15, 0.2) is 0 Å². The number of rotatable bonds is 6. The van der Waals surface area contributed by atoms with Crippen LogP contribution in [0.3, 0.4) is 0 Å². The molecule has 3 rings (SSSR count). The largest absolute Gasteiger partial charge is 0.289 e. The molecule has 0 aliphatic carbocycles. The van der Waals surface area contributed by atoms with Crippen LogP contribution in [-0.4, -0.2) is 47.5 Å². The zero-order valence-electron chi connectivity index (χ0n) is 15.5. The maximum atomic E-state index is 12.6. The van der Waals surface area contributed by atoms with Gasteiger partial charge in [0.2, 0.25) is 16.0 Å². The maximum absolute atomic E-state index is 12.6. The van der Waals surface area contributed by atoms with E-state index in [2.05, 4.69) is 15.4 Å². The Labute approximate surface area is 178 Å². The van der Waals surface area contributed by atoms with E-state index >= 15 is 0 Å². The monoisotopic (exact) mass is 453 g/mol. The van der Waals surface area contributed by atoms with Gasteiger partial charge in [0.25, 0.3) is 5.91 Å². The first-order valence-corrected chi connectivity index (χ1v) is 10.5. The summed E-state index contributed by atoms with van der Waals surface area (Å²) in [5.41, 5.74) is 0.963. The van der Waals surface area contributed by atoms with Gasteiger partial charge in [-0.2, -0.15) is 0 Å². The molecule has 0 fully saturated rings. The second kappa shape index (κ2) is 8.50. The van der Waals surface area contributed by atoms with E-state index in [4.69, 9.17) is 23.2 Å². The Balaban J connectivity index is 1.83. The Bertz CT molecular complexity index is 1150. The molecule has 0 aliphatic rings. The lowest BCUT2D eigenvalue weighted by Crippen LogP contribution is -2.23. The number of carbonyl (C=O) groups is 1. The number of nitrogens with zero attached hydrogens (tertiary/aromatic N) is 4. The summed E-state index contributed by atoms with van der Waals surface area (Å²) in [5, 5.41) is 6.64. The quantitative estimate of drug-likeness (QED) is 0.617. The molecule has 0 atom stereocenters. The molecule has 11 heteroatoms. The van der Waals surface area contributed by atoms with Gasteiger partial charge < -0.3 is 0 Å². The molecule has 152 valence electrons. The molecule has 0 spiro atoms. The van der Waals surface area contributed by atoms with Crippen LogP contribution in [0, 0.1) is 0 Å². The van der Waals surface area contributed by atoms with E-state index in [0.717, 1.165) is 15.9 Å². The van der Waals surface area contributed by atoms with Crippen molar-refractivity contribution in [2.24, 2.45) is 0 Å². The lowest BCUT2D eigenvalue weighted by molar-refractivity contribution is 0.102. The molecule has 1 N–H and O–H groups in total. The van der Waals surface area contributed by atoms with Gasteiger partial charge >= 0.3 is 0 Å². The van der Waals surface area contributed by atoms with E-state index in [9.17, 15) is 13.2 Å². The normalized spacial score (nSPS) is 11.6. The number of benzene rings is 2. The fraction of sp³-hybridized carbons (Fsp3) is 0.167. The van der Waals surface area contributed by atoms with Crippen molar-refractivity contribution in [1.82, 2.24) is 19.1 Å². The highest BCUT2D eigenvalue weighted by atomic mass is 35.5. The molecule has 1 aromatic heterocycles. The first-order chi connectivity index (χ1) is 13.7. The first-order valence-electron chi connectivity index (χ1n) is 8.35. The van der Waals surface area contributed by atoms with Crippen LogP contribution >= 0.6 is 23.2 Å². The molecule has 0 aliphatic heterocycles. The molecule has 0 saturated heterocycles. The van der Waals surface area contributed by atoms with E-state index in [1.807, 2.05) is 30.3 Å². The lowest BCUT2D eigenvalue weighted by atomic mass is 10.2. The van der Waals surface area contributed by atoms with Gasteiger partial charge in [-0.25, -0.2) is 22.4 Å². The third-order valence-electron chi connectivity index (χ3n) is 3.97. The van der Waals surface area contributed by atoms with Crippen molar-refractivity contribution in [2.75, 3.05) is 19.4 Å². The number of amides is 1. The average molecular weight is 454 g/mol. The van der Waals surface area contributed by atoms with Crippen LogP contribution in [0.15, 0.2) is 53.7 Å². The van der Waals surface area contributed by atoms with Crippen LogP contribution in [0.2, 0.25) is 10.0 Å². The van der Waals surface area contributed by atoms with Gasteiger partial charge in [0.1, 0.15) is 11.2 Å². The summed E-state index contributed by atoms with van der Waals surface area (Å²) >= 11 is 12.1. The fourth-order valence-electron chi connectivity index (χ4n) is 2.46. The molecule has 3 aromatic rings. The minimum absolute atomic E-state index is 0.00826. The second-order valence-corrected chi connectivity index (χ2v) is 9.19. The molecule has 0 bridgehead atoms. The molecular weight excluding hydrogens is 437 g/mol. The van der Waals surface area contributed by atoms with Crippen molar-refractivity contribution in [3.8, 4) is 0 Å². The van der Waals surface area contributed by atoms with Crippen LogP contribution in [0.1, 0.15) is 15.9 Å². The predicted molar refractivity (Wildman–Crippen MR) is 111 cm³/mol. The van der Waals surface area contributed by atoms with Crippen molar-refractivity contribution in [3.05, 3.63) is 70.0 Å². The molecule has 0 radical (unpaired) electrons. The summed E-state index contributed by atoms with van der Waals surface area (Å²) in [6, 6.07) is 12.0. The molecule has 0 unspecified atom stereocenters. The summed E-state index contributed by atoms with van der Waals surface area (Å²) in [6.45, 7) is 0.483. The zero-order valence-corrected chi connectivity index (χ0v) is 17.8. The Kier molecular flexibility index (Phi) is 6.23. The third kappa shape index (κ3) is 4.76. The SMILES string of the molecule is CN(C)S(=O)(=O)c1cc(C(=O)Nc2ncn(Cc3ccccc3)n2)c(Cl)cc1Cl. The summed E-state index contributed by atoms with van der Waals surface area (Å²) < 4.78 is 27.4. The third-order valence-corrected chi connectivity index (χ3v) is 6.57. The summed E-state index contributed by atoms with van der Waals surface area (Å²) in [4.78, 5) is 16.5. The fourth-order valence-corrected chi connectivity index (χ4v) is 4.19. The van der Waals surface area contributed by atoms with Crippen molar-refractivity contribution in [3.63, 3.8) is 0 Å². The number of nitrogens with one attached hydrogen (secondary N) is 1. The number of carbonyl (C=O) groups excluding carboxylic acids is 1. The number of hydrogen-bond acceptors (Lipinski definition) is 5. The average Bonchev–Trinajstić information content (AvgIpc) is 3.08. The molecule has 29 heavy (non-hydrogen) atoms. The van der Waals surface area contributed by atoms with E-state index in [1.165, 1.54) is 26.5 Å². The lowest BCUT2D eigenvalue weighted by Gasteiger charge is -2.14. The van der Waals surface area contributed by atoms with Crippen LogP contribution in [-0.2, 0) is 16.6 Å². The van der Waals surface area contributed by atoms with Crippen molar-refractivity contribution >= 4 is 45.1 Å². The van der Waals surface area contributed by atoms with Crippen LogP contribution in [0.5, 0.6) is 0 Å². The Morgan fingerprint density at radius 3 is 2.48 bits per heavy atom. The van der Waals surface area contributed by atoms with Gasteiger partial charge in [-0.3, -0.25) is 10.1 Å². The highest BCUT2D eigenvalue weighted by Crippen LogP contribution is 2.30. The highest BCUT2D eigenvalue weighted by Gasteiger charge is 2.25. The smallest absolute Gasteiger partial charge is 0.259 e. The van der Waals surface area contributed by atoms with Crippen molar-refractivity contribution in [2.45, 2.75) is 11.4 Å². The van der Waals surface area contributed by atoms with Crippen LogP contribution in [0.4, 0.5) is 5.95 Å². The van der Waals surface area contributed by atoms with E-state index in [0.29, 0.717) is 6.54 Å². The standard InChI is InChI=1S/C18H17Cl2N5O3S/c1-24(2)29(27,28)16-8-13(14(19)9-15(16)20)17(26)22-18-21-11-25(23-18)10-12-6-4-3-5-7-12/h3-9,11H,10H2,1-2H3,(H,22,23,26). The maximum Gasteiger partial charge on any atom is 0.259 e. The minimum atomic E-state index is -3.86. The van der Waals surface area contributed by atoms with E-state index in [1.54, 1.807) is 4.68 Å². The molecule has 8 nitrogen and oxygen atoms in total. The summed E-state index contributed by atoms with van der Waals surface area (Å²) in [6.07, 6.45) is 1.48. The summed E-state index contributed by atoms with van der Waals surface area (Å²) in [7, 11) is -1.13. The van der Waals surface area contributed by atoms with Crippen molar-refractivity contribution < 1.29 is 13.2 Å². The van der Waals surface area contributed by atoms with Crippen LogP contribution in [0.25, 0.3) is 0 Å². The molecule has 1 heterocycles. The number of sulfonamides is 1. The summed E-state index contributed by atoms with van der Waals surface area (Å²) in [5.74, 6) is -0.590. The second-order valence-electron chi connectivity index (χ2n) is 6.26. The number of hydrogen-bond donors (Lipinski definition) is 1. The van der Waals surface area contributed by atoms with Gasteiger partial charge in [-0.05, 0) is 17.7 Å². The predicted octanol–water partition coefficient (Wildman–Crippen LogP) is 3.14. The Morgan fingerprint density at radius 2 is 1.83 bits per heavy atom. The zero-order chi connectivity index (χ0) is 21.2. The highest BCUT2D eigenvalue weighted by molar-refractivity contribution is 7.89. The Hall–Kier alpha value is -2.46.